The lowest BCUT2D eigenvalue weighted by molar-refractivity contribution is 0.121. The number of hydrogen-bond acceptors (Lipinski definition) is 5. The number of ether oxygens (including phenoxy) is 1. The lowest BCUT2D eigenvalue weighted by Crippen LogP contribution is -2.14. The first-order valence-corrected chi connectivity index (χ1v) is 13.8. The van der Waals surface area contributed by atoms with Gasteiger partial charge >= 0.3 is 0 Å². The first-order valence-electron chi connectivity index (χ1n) is 13.8. The van der Waals surface area contributed by atoms with Crippen LogP contribution in [-0.2, 0) is 4.74 Å². The zero-order valence-electron chi connectivity index (χ0n) is 21.5. The van der Waals surface area contributed by atoms with E-state index in [1.165, 1.54) is 96.3 Å². The number of H-pyrrole nitrogens is 1. The largest absolute Gasteiger partial charge is 0.381 e. The van der Waals surface area contributed by atoms with Gasteiger partial charge in [-0.1, -0.05) is 103 Å². The molecule has 0 saturated carbocycles. The molecule has 1 radical (unpaired) electrons. The third-order valence-electron chi connectivity index (χ3n) is 6.58. The van der Waals surface area contributed by atoms with Crippen LogP contribution in [0.4, 0.5) is 5.95 Å². The van der Waals surface area contributed by atoms with Crippen LogP contribution in [0.5, 0.6) is 0 Å². The molecule has 7 nitrogen and oxygen atoms in total. The number of nitrogen functional groups attached to an aromatic ring is 1. The molecule has 193 valence electrons. The normalized spacial score (nSPS) is 12.5. The summed E-state index contributed by atoms with van der Waals surface area (Å²) in [6.07, 6.45) is 24.3. The van der Waals surface area contributed by atoms with Crippen molar-refractivity contribution in [2.75, 3.05) is 18.9 Å². The quantitative estimate of drug-likeness (QED) is 0.195. The molecule has 0 aliphatic carbocycles. The molecule has 34 heavy (non-hydrogen) atoms. The summed E-state index contributed by atoms with van der Waals surface area (Å²) in [7, 11) is 0. The molecule has 0 saturated heterocycles. The van der Waals surface area contributed by atoms with Crippen LogP contribution in [0.15, 0.2) is 11.1 Å². The van der Waals surface area contributed by atoms with E-state index in [2.05, 4.69) is 28.8 Å². The van der Waals surface area contributed by atoms with Gasteiger partial charge in [-0.25, -0.2) is 4.98 Å². The molecule has 0 aromatic carbocycles. The van der Waals surface area contributed by atoms with Crippen LogP contribution >= 0.6 is 0 Å². The number of imidazole rings is 1. The molecular weight excluding hydrogens is 426 g/mol. The maximum Gasteiger partial charge on any atom is 0.280 e. The van der Waals surface area contributed by atoms with Crippen LogP contribution in [0.25, 0.3) is 11.2 Å². The Morgan fingerprint density at radius 1 is 0.912 bits per heavy atom. The lowest BCUT2D eigenvalue weighted by Gasteiger charge is -2.14. The van der Waals surface area contributed by atoms with Gasteiger partial charge in [0, 0.05) is 19.3 Å². The van der Waals surface area contributed by atoms with Gasteiger partial charge in [0.15, 0.2) is 11.2 Å². The van der Waals surface area contributed by atoms with Crippen LogP contribution in [0, 0.1) is 6.92 Å². The first kappa shape index (κ1) is 28.3. The first-order chi connectivity index (χ1) is 16.6. The minimum absolute atomic E-state index is 0.0891. The summed E-state index contributed by atoms with van der Waals surface area (Å²) in [6.45, 7) is 7.86. The van der Waals surface area contributed by atoms with Crippen molar-refractivity contribution >= 4 is 17.1 Å². The van der Waals surface area contributed by atoms with Crippen molar-refractivity contribution in [3.05, 3.63) is 23.6 Å². The molecule has 0 amide bonds. The zero-order valence-corrected chi connectivity index (χ0v) is 21.5. The van der Waals surface area contributed by atoms with Gasteiger partial charge in [-0.3, -0.25) is 9.78 Å². The number of rotatable bonds is 21. The fraction of sp³-hybridized carbons (Fsp3) is 0.778. The van der Waals surface area contributed by atoms with Crippen molar-refractivity contribution in [1.82, 2.24) is 19.5 Å². The molecule has 1 atom stereocenters. The number of nitrogens with two attached hydrogens (primary N) is 1. The van der Waals surface area contributed by atoms with Gasteiger partial charge in [0.05, 0.1) is 6.33 Å². The highest BCUT2D eigenvalue weighted by atomic mass is 16.5. The third kappa shape index (κ3) is 11.0. The number of unbranched alkanes of at least 4 members (excludes halogenated alkanes) is 15. The van der Waals surface area contributed by atoms with Gasteiger partial charge in [0.2, 0.25) is 5.95 Å². The summed E-state index contributed by atoms with van der Waals surface area (Å²) in [4.78, 5) is 22.7. The van der Waals surface area contributed by atoms with E-state index >= 15 is 0 Å². The zero-order chi connectivity index (χ0) is 24.4. The van der Waals surface area contributed by atoms with Crippen molar-refractivity contribution < 1.29 is 4.74 Å². The molecule has 2 heterocycles. The van der Waals surface area contributed by atoms with Crippen molar-refractivity contribution in [3.63, 3.8) is 0 Å². The lowest BCUT2D eigenvalue weighted by atomic mass is 10.0. The number of aromatic amines is 1. The van der Waals surface area contributed by atoms with Crippen molar-refractivity contribution in [1.29, 1.82) is 0 Å². The second kappa shape index (κ2) is 17.5. The third-order valence-corrected chi connectivity index (χ3v) is 6.58. The fourth-order valence-electron chi connectivity index (χ4n) is 4.42. The molecule has 0 aliphatic heterocycles. The van der Waals surface area contributed by atoms with Crippen molar-refractivity contribution in [2.45, 2.75) is 122 Å². The summed E-state index contributed by atoms with van der Waals surface area (Å²) in [6, 6.07) is -0.107. The van der Waals surface area contributed by atoms with Gasteiger partial charge in [0.1, 0.15) is 0 Å². The summed E-state index contributed by atoms with van der Waals surface area (Å²) in [5.74, 6) is 0.0891. The van der Waals surface area contributed by atoms with Gasteiger partial charge in [0.25, 0.3) is 5.56 Å². The Hall–Kier alpha value is -1.89. The summed E-state index contributed by atoms with van der Waals surface area (Å²) < 4.78 is 7.58. The van der Waals surface area contributed by atoms with E-state index in [0.717, 1.165) is 19.4 Å². The number of anilines is 1. The maximum absolute atomic E-state index is 11.9. The molecule has 2 aromatic rings. The predicted molar refractivity (Wildman–Crippen MR) is 142 cm³/mol. The maximum atomic E-state index is 11.9. The molecule has 3 N–H and O–H groups in total. The Labute approximate surface area is 206 Å². The fourth-order valence-corrected chi connectivity index (χ4v) is 4.42. The Morgan fingerprint density at radius 2 is 1.44 bits per heavy atom. The number of nitrogens with one attached hydrogen (secondary N) is 1. The second-order valence-corrected chi connectivity index (χ2v) is 9.63. The molecule has 0 fully saturated rings. The molecule has 0 spiro atoms. The van der Waals surface area contributed by atoms with E-state index < -0.39 is 0 Å². The van der Waals surface area contributed by atoms with Gasteiger partial charge in [-0.05, 0) is 19.8 Å². The summed E-state index contributed by atoms with van der Waals surface area (Å²) in [5, 5.41) is 0. The Balaban J connectivity index is 1.37. The van der Waals surface area contributed by atoms with Crippen LogP contribution in [-0.4, -0.2) is 32.7 Å². The van der Waals surface area contributed by atoms with E-state index in [1.54, 1.807) is 10.9 Å². The molecule has 0 bridgehead atoms. The second-order valence-electron chi connectivity index (χ2n) is 9.63. The molecule has 2 aromatic heterocycles. The van der Waals surface area contributed by atoms with Crippen LogP contribution in [0.2, 0.25) is 0 Å². The topological polar surface area (TPSA) is 98.8 Å². The number of nitrogens with zero attached hydrogens (tertiary/aromatic N) is 3. The highest BCUT2D eigenvalue weighted by Crippen LogP contribution is 2.17. The number of hydrogen-bond donors (Lipinski definition) is 2. The van der Waals surface area contributed by atoms with E-state index in [9.17, 15) is 4.79 Å². The Morgan fingerprint density at radius 3 is 2.00 bits per heavy atom. The molecule has 7 heteroatoms. The Kier molecular flexibility index (Phi) is 14.6. The van der Waals surface area contributed by atoms with Gasteiger partial charge in [-0.2, -0.15) is 4.98 Å². The number of fused-ring (bicyclic) bond motifs is 1. The van der Waals surface area contributed by atoms with Crippen molar-refractivity contribution in [3.8, 4) is 0 Å². The summed E-state index contributed by atoms with van der Waals surface area (Å²) in [5.41, 5.74) is 6.09. The SMILES string of the molecule is [CH2]C(CCOCCCCCCCCCCCCCCCCCC)n1cnc2c(=O)[nH]c(N)nc21. The van der Waals surface area contributed by atoms with E-state index in [1.807, 2.05) is 0 Å². The number of aromatic nitrogens is 4. The minimum atomic E-state index is -0.326. The van der Waals surface area contributed by atoms with Crippen LogP contribution < -0.4 is 11.3 Å². The van der Waals surface area contributed by atoms with Crippen LogP contribution in [0.3, 0.4) is 0 Å². The minimum Gasteiger partial charge on any atom is -0.381 e. The Bertz CT molecular complexity index is 832. The van der Waals surface area contributed by atoms with E-state index in [0.29, 0.717) is 12.3 Å². The molecule has 1 unspecified atom stereocenters. The highest BCUT2D eigenvalue weighted by molar-refractivity contribution is 5.70. The molecule has 0 aliphatic rings. The monoisotopic (exact) mass is 474 g/mol. The standard InChI is InChI=1S/C27H48N5O2/c1-3-4-5-6-7-8-9-10-11-12-13-14-15-16-17-18-20-34-21-19-23(2)32-22-29-24-25(32)30-27(28)31-26(24)33/h22-23H,2-21H2,1H3,(H3,28,30,31,33). The average molecular weight is 475 g/mol. The van der Waals surface area contributed by atoms with Gasteiger partial charge in [-0.15, -0.1) is 0 Å². The molecule has 2 rings (SSSR count). The van der Waals surface area contributed by atoms with Crippen molar-refractivity contribution in [2.24, 2.45) is 0 Å². The van der Waals surface area contributed by atoms with Crippen LogP contribution in [0.1, 0.15) is 122 Å². The van der Waals surface area contributed by atoms with E-state index in [-0.39, 0.29) is 23.1 Å². The highest BCUT2D eigenvalue weighted by Gasteiger charge is 2.13. The van der Waals surface area contributed by atoms with Gasteiger partial charge < -0.3 is 15.0 Å². The summed E-state index contributed by atoms with van der Waals surface area (Å²) >= 11 is 0. The van der Waals surface area contributed by atoms with E-state index in [4.69, 9.17) is 10.5 Å². The predicted octanol–water partition coefficient (Wildman–Crippen LogP) is 6.75. The molecular formula is C27H48N5O2. The average Bonchev–Trinajstić information content (AvgIpc) is 3.24. The smallest absolute Gasteiger partial charge is 0.280 e.